The van der Waals surface area contributed by atoms with Gasteiger partial charge < -0.3 is 28.4 Å². The zero-order valence-corrected chi connectivity index (χ0v) is 28.5. The molecule has 0 radical (unpaired) electrons. The van der Waals surface area contributed by atoms with Gasteiger partial charge in [0.05, 0.1) is 45.7 Å². The lowest BCUT2D eigenvalue weighted by Gasteiger charge is -2.48. The molecule has 0 bridgehead atoms. The van der Waals surface area contributed by atoms with Crippen LogP contribution >= 0.6 is 0 Å². The van der Waals surface area contributed by atoms with Crippen molar-refractivity contribution in [1.29, 1.82) is 5.26 Å². The van der Waals surface area contributed by atoms with E-state index in [0.29, 0.717) is 0 Å². The fraction of sp³-hybridized carbons (Fsp3) is 0.366. The van der Waals surface area contributed by atoms with Crippen LogP contribution in [0.2, 0.25) is 0 Å². The Kier molecular flexibility index (Phi) is 14.2. The Morgan fingerprint density at radius 1 is 0.706 bits per heavy atom. The molecule has 268 valence electrons. The molecule has 0 aliphatic carbocycles. The van der Waals surface area contributed by atoms with Gasteiger partial charge in [-0.3, -0.25) is 4.79 Å². The molecule has 0 N–H and O–H groups in total. The third-order valence-electron chi connectivity index (χ3n) is 8.50. The zero-order chi connectivity index (χ0) is 35.9. The average molecular weight is 700 g/mol. The highest BCUT2D eigenvalue weighted by Crippen LogP contribution is 2.40. The van der Waals surface area contributed by atoms with E-state index in [1.807, 2.05) is 121 Å². The molecule has 51 heavy (non-hydrogen) atoms. The largest absolute Gasteiger partial charge is 0.465 e. The number of carbonyl (C=O) groups excluding carboxylic acids is 1. The molecule has 10 heteroatoms. The van der Waals surface area contributed by atoms with Crippen LogP contribution in [-0.4, -0.2) is 55.6 Å². The van der Waals surface area contributed by atoms with Gasteiger partial charge in [-0.15, -0.1) is 0 Å². The summed E-state index contributed by atoms with van der Waals surface area (Å²) in [4.78, 5) is 12.5. The zero-order valence-electron chi connectivity index (χ0n) is 28.5. The van der Waals surface area contributed by atoms with Gasteiger partial charge in [-0.2, -0.15) is 5.26 Å². The quantitative estimate of drug-likeness (QED) is 0.0989. The fourth-order valence-electron chi connectivity index (χ4n) is 5.94. The Bertz CT molecular complexity index is 1640. The monoisotopic (exact) mass is 699 g/mol. The highest BCUT2D eigenvalue weighted by atomic mass is 19.3. The Morgan fingerprint density at radius 3 is 1.59 bits per heavy atom. The maximum atomic E-state index is 16.7. The summed E-state index contributed by atoms with van der Waals surface area (Å²) in [5.41, 5.74) is 3.32. The molecule has 0 saturated carbocycles. The Hall–Kier alpha value is -4.50. The predicted molar refractivity (Wildman–Crippen MR) is 185 cm³/mol. The number of benzene rings is 4. The summed E-state index contributed by atoms with van der Waals surface area (Å²) in [7, 11) is 0. The van der Waals surface area contributed by atoms with Gasteiger partial charge in [-0.05, 0) is 29.2 Å². The highest BCUT2D eigenvalue weighted by molar-refractivity contribution is 5.75. The predicted octanol–water partition coefficient (Wildman–Crippen LogP) is 7.46. The van der Waals surface area contributed by atoms with Crippen LogP contribution in [0.15, 0.2) is 121 Å². The minimum absolute atomic E-state index is 0.0349. The van der Waals surface area contributed by atoms with E-state index in [1.54, 1.807) is 13.0 Å². The van der Waals surface area contributed by atoms with Gasteiger partial charge in [-0.25, -0.2) is 8.78 Å². The molecular weight excluding hydrogens is 656 g/mol. The molecule has 5 rings (SSSR count). The minimum Gasteiger partial charge on any atom is -0.465 e. The molecule has 8 nitrogen and oxygen atoms in total. The van der Waals surface area contributed by atoms with Crippen molar-refractivity contribution in [3.8, 4) is 6.07 Å². The summed E-state index contributed by atoms with van der Waals surface area (Å²) in [5, 5.41) is 9.74. The van der Waals surface area contributed by atoms with Gasteiger partial charge >= 0.3 is 5.97 Å². The van der Waals surface area contributed by atoms with E-state index in [1.165, 1.54) is 0 Å². The van der Waals surface area contributed by atoms with Crippen LogP contribution in [0.3, 0.4) is 0 Å². The van der Waals surface area contributed by atoms with Crippen molar-refractivity contribution in [2.75, 3.05) is 13.2 Å². The smallest absolute Gasteiger partial charge is 0.323 e. The third-order valence-corrected chi connectivity index (χ3v) is 8.50. The van der Waals surface area contributed by atoms with Crippen LogP contribution in [0, 0.1) is 17.2 Å². The van der Waals surface area contributed by atoms with E-state index in [-0.39, 0.29) is 39.6 Å². The lowest BCUT2D eigenvalue weighted by molar-refractivity contribution is -0.311. The number of hydrogen-bond donors (Lipinski definition) is 0. The first-order valence-electron chi connectivity index (χ1n) is 17.1. The maximum absolute atomic E-state index is 16.7. The van der Waals surface area contributed by atoms with Crippen molar-refractivity contribution >= 4 is 5.97 Å². The van der Waals surface area contributed by atoms with Crippen molar-refractivity contribution in [2.45, 2.75) is 76.2 Å². The molecule has 0 aromatic heterocycles. The molecule has 1 heterocycles. The molecule has 4 aromatic rings. The minimum atomic E-state index is -3.75. The second-order valence-electron chi connectivity index (χ2n) is 12.3. The number of alkyl halides is 2. The first-order chi connectivity index (χ1) is 24.9. The van der Waals surface area contributed by atoms with Crippen LogP contribution in [0.4, 0.5) is 8.78 Å². The molecule has 1 saturated heterocycles. The van der Waals surface area contributed by atoms with E-state index in [0.717, 1.165) is 22.3 Å². The molecular formula is C41H43F2NO7. The SMILES string of the molecule is CCOC(=O)C(C#N)CC(F)(F)[C@@H]1O[C@H](COCc2ccccc2)[C@H](OCc2ccccc2)[C@H](OCc2ccccc2)[C@H]1OCc1ccccc1. The van der Waals surface area contributed by atoms with Gasteiger partial charge in [0.1, 0.15) is 30.3 Å². The van der Waals surface area contributed by atoms with Crippen molar-refractivity contribution < 1.29 is 42.0 Å². The van der Waals surface area contributed by atoms with Crippen molar-refractivity contribution in [1.82, 2.24) is 0 Å². The lowest BCUT2D eigenvalue weighted by atomic mass is 9.87. The van der Waals surface area contributed by atoms with Crippen LogP contribution < -0.4 is 0 Å². The maximum Gasteiger partial charge on any atom is 0.323 e. The van der Waals surface area contributed by atoms with E-state index < -0.39 is 54.8 Å². The van der Waals surface area contributed by atoms with Crippen LogP contribution in [-0.2, 0) is 59.6 Å². The topological polar surface area (TPSA) is 96.2 Å². The van der Waals surface area contributed by atoms with Gasteiger partial charge in [0.25, 0.3) is 5.92 Å². The molecule has 1 unspecified atom stereocenters. The summed E-state index contributed by atoms with van der Waals surface area (Å²) < 4.78 is 70.1. The molecule has 6 atom stereocenters. The van der Waals surface area contributed by atoms with Gasteiger partial charge in [0.15, 0.2) is 6.10 Å². The summed E-state index contributed by atoms with van der Waals surface area (Å²) in [5.74, 6) is -6.51. The van der Waals surface area contributed by atoms with Crippen molar-refractivity contribution in [3.63, 3.8) is 0 Å². The first-order valence-corrected chi connectivity index (χ1v) is 17.1. The molecule has 1 aliphatic rings. The van der Waals surface area contributed by atoms with Gasteiger partial charge in [-0.1, -0.05) is 121 Å². The number of halogens is 2. The molecule has 4 aromatic carbocycles. The van der Waals surface area contributed by atoms with E-state index in [4.69, 9.17) is 28.4 Å². The van der Waals surface area contributed by atoms with Gasteiger partial charge in [0.2, 0.25) is 0 Å². The van der Waals surface area contributed by atoms with Gasteiger partial charge in [0, 0.05) is 6.42 Å². The summed E-state index contributed by atoms with van der Waals surface area (Å²) in [6.07, 6.45) is -7.54. The number of nitrogens with zero attached hydrogens (tertiary/aromatic N) is 1. The number of esters is 1. The summed E-state index contributed by atoms with van der Waals surface area (Å²) >= 11 is 0. The second kappa shape index (κ2) is 19.2. The third kappa shape index (κ3) is 11.0. The highest BCUT2D eigenvalue weighted by Gasteiger charge is 2.58. The Labute approximate surface area is 297 Å². The first kappa shape index (κ1) is 37.7. The Balaban J connectivity index is 1.52. The standard InChI is InChI=1S/C41H43F2NO7/c1-2-47-40(45)34(24-44)23-41(42,43)39-38(50-28-33-21-13-6-14-22-33)37(49-27-32-19-11-5-12-20-32)36(48-26-31-17-9-4-10-18-31)35(51-39)29-46-25-30-15-7-3-8-16-30/h3-22,34-39H,2,23,25-29H2,1H3/t34?,35-,36+,37+,38-,39-/m1/s1. The van der Waals surface area contributed by atoms with Crippen LogP contribution in [0.25, 0.3) is 0 Å². The number of rotatable bonds is 18. The number of hydrogen-bond acceptors (Lipinski definition) is 8. The number of ether oxygens (including phenoxy) is 6. The Morgan fingerprint density at radius 2 is 1.14 bits per heavy atom. The summed E-state index contributed by atoms with van der Waals surface area (Å²) in [6.45, 7) is 1.76. The number of nitriles is 1. The number of carbonyl (C=O) groups is 1. The van der Waals surface area contributed by atoms with E-state index in [2.05, 4.69) is 0 Å². The molecule has 0 spiro atoms. The second-order valence-corrected chi connectivity index (χ2v) is 12.3. The lowest BCUT2D eigenvalue weighted by Crippen LogP contribution is -2.65. The van der Waals surface area contributed by atoms with E-state index in [9.17, 15) is 10.1 Å². The van der Waals surface area contributed by atoms with Crippen LogP contribution in [0.1, 0.15) is 35.6 Å². The van der Waals surface area contributed by atoms with E-state index >= 15 is 8.78 Å². The van der Waals surface area contributed by atoms with Crippen LogP contribution in [0.5, 0.6) is 0 Å². The molecule has 0 amide bonds. The molecule has 1 aliphatic heterocycles. The fourth-order valence-corrected chi connectivity index (χ4v) is 5.94. The van der Waals surface area contributed by atoms with Crippen molar-refractivity contribution in [2.24, 2.45) is 5.92 Å². The average Bonchev–Trinajstić information content (AvgIpc) is 3.16. The normalized spacial score (nSPS) is 21.0. The summed E-state index contributed by atoms with van der Waals surface area (Å²) in [6, 6.07) is 39.1. The molecule has 1 fully saturated rings. The van der Waals surface area contributed by atoms with Crippen molar-refractivity contribution in [3.05, 3.63) is 144 Å².